The van der Waals surface area contributed by atoms with E-state index in [0.29, 0.717) is 30.2 Å². The molecule has 1 aromatic carbocycles. The molecule has 0 saturated carbocycles. The van der Waals surface area contributed by atoms with E-state index in [1.807, 2.05) is 13.8 Å². The van der Waals surface area contributed by atoms with E-state index in [9.17, 15) is 9.59 Å². The van der Waals surface area contributed by atoms with Gasteiger partial charge in [-0.05, 0) is 26.0 Å². The molecular weight excluding hydrogens is 272 g/mol. The largest absolute Gasteiger partial charge is 0.497 e. The first-order valence-corrected chi connectivity index (χ1v) is 6.84. The van der Waals surface area contributed by atoms with Crippen LogP contribution in [0, 0.1) is 0 Å². The van der Waals surface area contributed by atoms with Crippen molar-refractivity contribution in [3.63, 3.8) is 0 Å². The fraction of sp³-hybridized carbons (Fsp3) is 0.467. The molecule has 0 aliphatic carbocycles. The van der Waals surface area contributed by atoms with E-state index in [-0.39, 0.29) is 18.4 Å². The molecule has 0 aromatic heterocycles. The number of nitrogens with one attached hydrogen (secondary N) is 1. The zero-order valence-electron chi connectivity index (χ0n) is 12.9. The van der Waals surface area contributed by atoms with Crippen LogP contribution >= 0.6 is 0 Å². The monoisotopic (exact) mass is 294 g/mol. The second-order valence-corrected chi connectivity index (χ2v) is 4.37. The molecule has 6 heteroatoms. The smallest absolute Gasteiger partial charge is 0.254 e. The molecule has 0 aliphatic heterocycles. The Labute approximate surface area is 125 Å². The van der Waals surface area contributed by atoms with Crippen molar-refractivity contribution in [2.24, 2.45) is 0 Å². The number of methoxy groups -OCH3 is 2. The van der Waals surface area contributed by atoms with Gasteiger partial charge in [0.2, 0.25) is 5.91 Å². The Morgan fingerprint density at radius 1 is 1.10 bits per heavy atom. The lowest BCUT2D eigenvalue weighted by Crippen LogP contribution is -2.40. The highest BCUT2D eigenvalue weighted by atomic mass is 16.5. The number of nitrogens with zero attached hydrogens (tertiary/aromatic N) is 1. The topological polar surface area (TPSA) is 67.9 Å². The molecular formula is C15H22N2O4. The van der Waals surface area contributed by atoms with E-state index >= 15 is 0 Å². The summed E-state index contributed by atoms with van der Waals surface area (Å²) in [5, 5.41) is 2.68. The number of carbonyl (C=O) groups excluding carboxylic acids is 2. The summed E-state index contributed by atoms with van der Waals surface area (Å²) < 4.78 is 10.3. The third kappa shape index (κ3) is 4.66. The van der Waals surface area contributed by atoms with Crippen LogP contribution < -0.4 is 14.8 Å². The molecule has 0 spiro atoms. The first-order chi connectivity index (χ1) is 10.0. The first kappa shape index (κ1) is 16.8. The SMILES string of the molecule is CCNC(=O)CN(CC)C(=O)c1cc(OC)cc(OC)c1. The Balaban J connectivity index is 2.96. The number of carbonyl (C=O) groups is 2. The maximum Gasteiger partial charge on any atom is 0.254 e. The number of hydrogen-bond donors (Lipinski definition) is 1. The van der Waals surface area contributed by atoms with Crippen molar-refractivity contribution in [3.05, 3.63) is 23.8 Å². The van der Waals surface area contributed by atoms with E-state index in [2.05, 4.69) is 5.32 Å². The van der Waals surface area contributed by atoms with E-state index in [1.54, 1.807) is 18.2 Å². The van der Waals surface area contributed by atoms with Crippen LogP contribution in [-0.4, -0.2) is 50.6 Å². The molecule has 0 unspecified atom stereocenters. The molecule has 0 atom stereocenters. The Hall–Kier alpha value is -2.24. The van der Waals surface area contributed by atoms with Crippen LogP contribution in [0.4, 0.5) is 0 Å². The van der Waals surface area contributed by atoms with Gasteiger partial charge in [-0.25, -0.2) is 0 Å². The van der Waals surface area contributed by atoms with E-state index in [0.717, 1.165) is 0 Å². The molecule has 1 aromatic rings. The van der Waals surface area contributed by atoms with Gasteiger partial charge in [-0.2, -0.15) is 0 Å². The summed E-state index contributed by atoms with van der Waals surface area (Å²) >= 11 is 0. The van der Waals surface area contributed by atoms with Crippen LogP contribution in [0.25, 0.3) is 0 Å². The molecule has 0 saturated heterocycles. The van der Waals surface area contributed by atoms with Crippen LogP contribution in [0.15, 0.2) is 18.2 Å². The molecule has 1 N–H and O–H groups in total. The van der Waals surface area contributed by atoms with Crippen molar-refractivity contribution in [3.8, 4) is 11.5 Å². The molecule has 6 nitrogen and oxygen atoms in total. The Morgan fingerprint density at radius 3 is 2.10 bits per heavy atom. The minimum Gasteiger partial charge on any atom is -0.497 e. The van der Waals surface area contributed by atoms with Gasteiger partial charge in [0.15, 0.2) is 0 Å². The predicted molar refractivity (Wildman–Crippen MR) is 79.8 cm³/mol. The molecule has 0 aliphatic rings. The summed E-state index contributed by atoms with van der Waals surface area (Å²) in [4.78, 5) is 25.6. The number of hydrogen-bond acceptors (Lipinski definition) is 4. The summed E-state index contributed by atoms with van der Waals surface area (Å²) in [6.45, 7) is 4.67. The van der Waals surface area contributed by atoms with Gasteiger partial charge in [0.25, 0.3) is 5.91 Å². The Bertz CT molecular complexity index is 480. The zero-order chi connectivity index (χ0) is 15.8. The number of benzene rings is 1. The average molecular weight is 294 g/mol. The summed E-state index contributed by atoms with van der Waals surface area (Å²) in [7, 11) is 3.05. The van der Waals surface area contributed by atoms with Crippen LogP contribution in [0.1, 0.15) is 24.2 Å². The average Bonchev–Trinajstić information content (AvgIpc) is 2.51. The predicted octanol–water partition coefficient (Wildman–Crippen LogP) is 1.30. The van der Waals surface area contributed by atoms with Gasteiger partial charge in [-0.15, -0.1) is 0 Å². The second-order valence-electron chi connectivity index (χ2n) is 4.37. The standard InChI is InChI=1S/C15H22N2O4/c1-5-16-14(18)10-17(6-2)15(19)11-7-12(20-3)9-13(8-11)21-4/h7-9H,5-6,10H2,1-4H3,(H,16,18). The first-order valence-electron chi connectivity index (χ1n) is 6.84. The van der Waals surface area contributed by atoms with Crippen molar-refractivity contribution < 1.29 is 19.1 Å². The van der Waals surface area contributed by atoms with Gasteiger partial charge in [0, 0.05) is 24.7 Å². The van der Waals surface area contributed by atoms with Crippen molar-refractivity contribution >= 4 is 11.8 Å². The Morgan fingerprint density at radius 2 is 1.67 bits per heavy atom. The molecule has 1 rings (SSSR count). The van der Waals surface area contributed by atoms with Crippen LogP contribution in [0.5, 0.6) is 11.5 Å². The maximum absolute atomic E-state index is 12.5. The molecule has 21 heavy (non-hydrogen) atoms. The van der Waals surface area contributed by atoms with Gasteiger partial charge in [0.1, 0.15) is 11.5 Å². The van der Waals surface area contributed by atoms with Crippen LogP contribution in [0.2, 0.25) is 0 Å². The quantitative estimate of drug-likeness (QED) is 0.823. The molecule has 0 bridgehead atoms. The van der Waals surface area contributed by atoms with Crippen LogP contribution in [0.3, 0.4) is 0 Å². The summed E-state index contributed by atoms with van der Waals surface area (Å²) in [6, 6.07) is 4.95. The third-order valence-corrected chi connectivity index (χ3v) is 2.98. The highest BCUT2D eigenvalue weighted by Crippen LogP contribution is 2.23. The molecule has 116 valence electrons. The van der Waals surface area contributed by atoms with Crippen LogP contribution in [-0.2, 0) is 4.79 Å². The van der Waals surface area contributed by atoms with E-state index < -0.39 is 0 Å². The van der Waals surface area contributed by atoms with E-state index in [4.69, 9.17) is 9.47 Å². The van der Waals surface area contributed by atoms with Gasteiger partial charge in [-0.3, -0.25) is 9.59 Å². The van der Waals surface area contributed by atoms with Gasteiger partial charge < -0.3 is 19.7 Å². The summed E-state index contributed by atoms with van der Waals surface area (Å²) in [5.41, 5.74) is 0.428. The number of ether oxygens (including phenoxy) is 2. The maximum atomic E-state index is 12.5. The van der Waals surface area contributed by atoms with Crippen molar-refractivity contribution in [2.45, 2.75) is 13.8 Å². The Kier molecular flexibility index (Phi) is 6.52. The lowest BCUT2D eigenvalue weighted by atomic mass is 10.1. The minimum atomic E-state index is -0.235. The lowest BCUT2D eigenvalue weighted by molar-refractivity contribution is -0.121. The number of amides is 2. The molecule has 0 fully saturated rings. The third-order valence-electron chi connectivity index (χ3n) is 2.98. The number of likely N-dealkylation sites (N-methyl/N-ethyl adjacent to an activating group) is 2. The highest BCUT2D eigenvalue weighted by Gasteiger charge is 2.18. The fourth-order valence-corrected chi connectivity index (χ4v) is 1.87. The summed E-state index contributed by atoms with van der Waals surface area (Å²) in [5.74, 6) is 0.655. The van der Waals surface area contributed by atoms with Gasteiger partial charge in [-0.1, -0.05) is 0 Å². The molecule has 0 heterocycles. The normalized spacial score (nSPS) is 9.90. The zero-order valence-corrected chi connectivity index (χ0v) is 12.9. The molecule has 2 amide bonds. The van der Waals surface area contributed by atoms with Crippen molar-refractivity contribution in [1.29, 1.82) is 0 Å². The number of rotatable bonds is 7. The highest BCUT2D eigenvalue weighted by molar-refractivity contribution is 5.97. The minimum absolute atomic E-state index is 0.0305. The second kappa shape index (κ2) is 8.14. The van der Waals surface area contributed by atoms with E-state index in [1.165, 1.54) is 19.1 Å². The van der Waals surface area contributed by atoms with Gasteiger partial charge >= 0.3 is 0 Å². The van der Waals surface area contributed by atoms with Crippen molar-refractivity contribution in [1.82, 2.24) is 10.2 Å². The van der Waals surface area contributed by atoms with Crippen molar-refractivity contribution in [2.75, 3.05) is 33.9 Å². The summed E-state index contributed by atoms with van der Waals surface area (Å²) in [6.07, 6.45) is 0. The molecule has 0 radical (unpaired) electrons. The van der Waals surface area contributed by atoms with Gasteiger partial charge in [0.05, 0.1) is 20.8 Å². The lowest BCUT2D eigenvalue weighted by Gasteiger charge is -2.20. The fourth-order valence-electron chi connectivity index (χ4n) is 1.87.